The zero-order valence-electron chi connectivity index (χ0n) is 14.5. The third-order valence-electron chi connectivity index (χ3n) is 4.07. The number of hydrogen-bond donors (Lipinski definition) is 2. The second-order valence-electron chi connectivity index (χ2n) is 6.03. The van der Waals surface area contributed by atoms with Gasteiger partial charge in [-0.1, -0.05) is 39.8 Å². The third-order valence-corrected chi connectivity index (χ3v) is 4.07. The minimum Gasteiger partial charge on any atom is -0.345 e. The minimum absolute atomic E-state index is 0.0726. The summed E-state index contributed by atoms with van der Waals surface area (Å²) in [4.78, 5) is 24.4. The molecule has 0 saturated heterocycles. The number of likely N-dealkylation sites (N-methyl/N-ethyl adjacent to an activating group) is 1. The van der Waals surface area contributed by atoms with Crippen molar-refractivity contribution in [2.24, 2.45) is 11.8 Å². The number of Topliss-reactive ketones (excluding diaryl/α,β-unsaturated/α-hetero) is 1. The summed E-state index contributed by atoms with van der Waals surface area (Å²) in [6.45, 7) is 13.9. The van der Waals surface area contributed by atoms with Crippen molar-refractivity contribution in [2.75, 3.05) is 7.05 Å². The topological polar surface area (TPSA) is 58.2 Å². The lowest BCUT2D eigenvalue weighted by atomic mass is 9.89. The molecule has 0 aromatic carbocycles. The molecule has 0 aliphatic carbocycles. The molecule has 0 unspecified atom stereocenters. The average Bonchev–Trinajstić information content (AvgIpc) is 2.43. The van der Waals surface area contributed by atoms with E-state index in [0.717, 1.165) is 18.4 Å². The van der Waals surface area contributed by atoms with Gasteiger partial charge in [-0.25, -0.2) is 0 Å². The highest BCUT2D eigenvalue weighted by Gasteiger charge is 2.25. The van der Waals surface area contributed by atoms with Crippen molar-refractivity contribution in [3.05, 3.63) is 12.2 Å². The molecule has 122 valence electrons. The van der Waals surface area contributed by atoms with Crippen LogP contribution in [0.3, 0.4) is 0 Å². The van der Waals surface area contributed by atoms with Crippen LogP contribution in [0.4, 0.5) is 0 Å². The van der Waals surface area contributed by atoms with Crippen molar-refractivity contribution in [1.82, 2.24) is 10.6 Å². The van der Waals surface area contributed by atoms with Gasteiger partial charge in [0.25, 0.3) is 0 Å². The van der Waals surface area contributed by atoms with Crippen molar-refractivity contribution in [1.29, 1.82) is 0 Å². The number of amides is 1. The van der Waals surface area contributed by atoms with Crippen LogP contribution in [0.2, 0.25) is 0 Å². The molecule has 4 heteroatoms. The number of hydrogen-bond acceptors (Lipinski definition) is 3. The molecule has 2 N–H and O–H groups in total. The predicted octanol–water partition coefficient (Wildman–Crippen LogP) is 2.69. The van der Waals surface area contributed by atoms with Crippen molar-refractivity contribution in [3.63, 3.8) is 0 Å². The van der Waals surface area contributed by atoms with Crippen LogP contribution in [0.1, 0.15) is 53.9 Å². The van der Waals surface area contributed by atoms with E-state index in [4.69, 9.17) is 0 Å². The molecule has 0 fully saturated rings. The van der Waals surface area contributed by atoms with E-state index >= 15 is 0 Å². The first-order valence-electron chi connectivity index (χ1n) is 7.96. The molecule has 21 heavy (non-hydrogen) atoms. The van der Waals surface area contributed by atoms with Crippen LogP contribution in [-0.4, -0.2) is 30.8 Å². The van der Waals surface area contributed by atoms with Gasteiger partial charge in [0.15, 0.2) is 5.78 Å². The third kappa shape index (κ3) is 6.42. The fourth-order valence-corrected chi connectivity index (χ4v) is 2.44. The molecule has 0 spiro atoms. The van der Waals surface area contributed by atoms with Gasteiger partial charge in [-0.3, -0.25) is 9.59 Å². The molecule has 0 saturated carbocycles. The van der Waals surface area contributed by atoms with E-state index in [9.17, 15) is 9.59 Å². The molecule has 0 radical (unpaired) electrons. The summed E-state index contributed by atoms with van der Waals surface area (Å²) in [6, 6.07) is -0.723. The maximum Gasteiger partial charge on any atom is 0.237 e. The fourth-order valence-electron chi connectivity index (χ4n) is 2.44. The van der Waals surface area contributed by atoms with E-state index in [2.05, 4.69) is 31.1 Å². The summed E-state index contributed by atoms with van der Waals surface area (Å²) < 4.78 is 0. The van der Waals surface area contributed by atoms with Crippen LogP contribution in [-0.2, 0) is 9.59 Å². The summed E-state index contributed by atoms with van der Waals surface area (Å²) in [5.41, 5.74) is 1.11. The Balaban J connectivity index is 4.58. The van der Waals surface area contributed by atoms with Crippen LogP contribution in [0.5, 0.6) is 0 Å². The highest BCUT2D eigenvalue weighted by molar-refractivity contribution is 5.90. The zero-order valence-corrected chi connectivity index (χ0v) is 14.5. The second-order valence-corrected chi connectivity index (χ2v) is 6.03. The van der Waals surface area contributed by atoms with Crippen molar-refractivity contribution in [3.8, 4) is 0 Å². The SMILES string of the molecule is C=C(CC)[C@H](CC)CC(=O)[C@H](C)NC(=O)[C@@H](NC)C(C)C. The van der Waals surface area contributed by atoms with Crippen molar-refractivity contribution in [2.45, 2.75) is 66.0 Å². The van der Waals surface area contributed by atoms with Crippen LogP contribution in [0, 0.1) is 11.8 Å². The van der Waals surface area contributed by atoms with E-state index < -0.39 is 6.04 Å². The average molecular weight is 296 g/mol. The maximum absolute atomic E-state index is 12.3. The standard InChI is InChI=1S/C17H32N2O2/c1-8-12(5)14(9-2)10-15(20)13(6)19-17(21)16(18-7)11(3)4/h11,13-14,16,18H,5,8-10H2,1-4,6-7H3,(H,19,21)/t13-,14+,16-/m0/s1. The normalized spacial score (nSPS) is 15.4. The molecule has 0 aromatic rings. The lowest BCUT2D eigenvalue weighted by Gasteiger charge is -2.23. The molecule has 1 amide bonds. The van der Waals surface area contributed by atoms with E-state index in [1.165, 1.54) is 0 Å². The van der Waals surface area contributed by atoms with Gasteiger partial charge in [0.1, 0.15) is 0 Å². The number of carbonyl (C=O) groups excluding carboxylic acids is 2. The molecule has 0 aliphatic heterocycles. The largest absolute Gasteiger partial charge is 0.345 e. The molecule has 0 bridgehead atoms. The Morgan fingerprint density at radius 3 is 2.10 bits per heavy atom. The number of carbonyl (C=O) groups is 2. The van der Waals surface area contributed by atoms with Crippen LogP contribution in [0.15, 0.2) is 12.2 Å². The monoisotopic (exact) mass is 296 g/mol. The first-order valence-corrected chi connectivity index (χ1v) is 7.96. The summed E-state index contributed by atoms with van der Waals surface area (Å²) >= 11 is 0. The summed E-state index contributed by atoms with van der Waals surface area (Å²) in [5, 5.41) is 5.81. The molecule has 4 nitrogen and oxygen atoms in total. The fraction of sp³-hybridized carbons (Fsp3) is 0.765. The molecule has 0 rings (SSSR count). The highest BCUT2D eigenvalue weighted by atomic mass is 16.2. The molecular weight excluding hydrogens is 264 g/mol. The van der Waals surface area contributed by atoms with Gasteiger partial charge in [0, 0.05) is 6.42 Å². The maximum atomic E-state index is 12.3. The molecule has 0 aromatic heterocycles. The van der Waals surface area contributed by atoms with Crippen molar-refractivity contribution >= 4 is 11.7 Å². The number of ketones is 1. The highest BCUT2D eigenvalue weighted by Crippen LogP contribution is 2.21. The van der Waals surface area contributed by atoms with Gasteiger partial charge in [-0.05, 0) is 38.6 Å². The Morgan fingerprint density at radius 1 is 1.14 bits per heavy atom. The van der Waals surface area contributed by atoms with E-state index in [-0.39, 0.29) is 29.6 Å². The Morgan fingerprint density at radius 2 is 1.71 bits per heavy atom. The lowest BCUT2D eigenvalue weighted by Crippen LogP contribution is -2.50. The van der Waals surface area contributed by atoms with Gasteiger partial charge >= 0.3 is 0 Å². The van der Waals surface area contributed by atoms with Crippen LogP contribution >= 0.6 is 0 Å². The predicted molar refractivity (Wildman–Crippen MR) is 88.1 cm³/mol. The van der Waals surface area contributed by atoms with Gasteiger partial charge < -0.3 is 10.6 Å². The van der Waals surface area contributed by atoms with Crippen molar-refractivity contribution < 1.29 is 9.59 Å². The zero-order chi connectivity index (χ0) is 16.6. The van der Waals surface area contributed by atoms with Gasteiger partial charge in [0.05, 0.1) is 12.1 Å². The van der Waals surface area contributed by atoms with E-state index in [1.807, 2.05) is 13.8 Å². The Kier molecular flexibility index (Phi) is 9.18. The first-order chi connectivity index (χ1) is 9.78. The van der Waals surface area contributed by atoms with Gasteiger partial charge in [-0.2, -0.15) is 0 Å². The number of nitrogens with one attached hydrogen (secondary N) is 2. The van der Waals surface area contributed by atoms with E-state index in [1.54, 1.807) is 14.0 Å². The summed E-state index contributed by atoms with van der Waals surface area (Å²) in [7, 11) is 1.76. The molecule has 3 atom stereocenters. The quantitative estimate of drug-likeness (QED) is 0.609. The Hall–Kier alpha value is -1.16. The van der Waals surface area contributed by atoms with Gasteiger partial charge in [-0.15, -0.1) is 0 Å². The lowest BCUT2D eigenvalue weighted by molar-refractivity contribution is -0.129. The van der Waals surface area contributed by atoms with E-state index in [0.29, 0.717) is 6.42 Å². The Labute approximate surface area is 129 Å². The van der Waals surface area contributed by atoms with Crippen LogP contribution < -0.4 is 10.6 Å². The first kappa shape index (κ1) is 19.8. The molecule has 0 aliphatic rings. The molecular formula is C17H32N2O2. The minimum atomic E-state index is -0.453. The smallest absolute Gasteiger partial charge is 0.237 e. The number of rotatable bonds is 10. The number of allylic oxidation sites excluding steroid dienone is 1. The van der Waals surface area contributed by atoms with Crippen LogP contribution in [0.25, 0.3) is 0 Å². The summed E-state index contributed by atoms with van der Waals surface area (Å²) in [5.74, 6) is 0.353. The molecule has 0 heterocycles. The second kappa shape index (κ2) is 9.72. The van der Waals surface area contributed by atoms with Gasteiger partial charge in [0.2, 0.25) is 5.91 Å². The summed E-state index contributed by atoms with van der Waals surface area (Å²) in [6.07, 6.45) is 2.25. The Bertz CT molecular complexity index is 364.